The van der Waals surface area contributed by atoms with Gasteiger partial charge in [0, 0.05) is 24.9 Å². The van der Waals surface area contributed by atoms with Crippen LogP contribution in [0.5, 0.6) is 0 Å². The Bertz CT molecular complexity index is 542. The normalized spacial score (nSPS) is 9.45. The predicted octanol–water partition coefficient (Wildman–Crippen LogP) is 3.34. The molecule has 1 N–H and O–H groups in total. The molecule has 104 valence electrons. The zero-order chi connectivity index (χ0) is 15.0. The number of benzene rings is 1. The second kappa shape index (κ2) is 7.99. The highest BCUT2D eigenvalue weighted by Gasteiger charge is 2.08. The quantitative estimate of drug-likeness (QED) is 0.803. The lowest BCUT2D eigenvalue weighted by Crippen LogP contribution is -2.27. The van der Waals surface area contributed by atoms with E-state index in [1.54, 1.807) is 6.08 Å². The lowest BCUT2D eigenvalue weighted by atomic mass is 10.1. The van der Waals surface area contributed by atoms with Crippen molar-refractivity contribution in [3.63, 3.8) is 0 Å². The largest absolute Gasteiger partial charge is 0.519 e. The predicted molar refractivity (Wildman–Crippen MR) is 81.9 cm³/mol. The Morgan fingerprint density at radius 1 is 1.30 bits per heavy atom. The van der Waals surface area contributed by atoms with Gasteiger partial charge in [-0.3, -0.25) is 0 Å². The molecule has 0 saturated heterocycles. The molecular formula is C16H19N3O. The van der Waals surface area contributed by atoms with Gasteiger partial charge < -0.3 is 10.0 Å². The first-order chi connectivity index (χ1) is 9.65. The van der Waals surface area contributed by atoms with Crippen LogP contribution in [0.2, 0.25) is 0 Å². The fourth-order valence-corrected chi connectivity index (χ4v) is 2.01. The van der Waals surface area contributed by atoms with E-state index in [0.29, 0.717) is 6.54 Å². The molecule has 0 atom stereocenters. The Balaban J connectivity index is 3.07. The van der Waals surface area contributed by atoms with E-state index in [2.05, 4.69) is 21.5 Å². The van der Waals surface area contributed by atoms with Gasteiger partial charge >= 0.3 is 5.82 Å². The molecule has 0 aromatic heterocycles. The van der Waals surface area contributed by atoms with Crippen molar-refractivity contribution in [2.75, 3.05) is 24.6 Å². The topological polar surface area (TPSA) is 32.2 Å². The molecule has 20 heavy (non-hydrogen) atoms. The average Bonchev–Trinajstić information content (AvgIpc) is 2.46. The first kappa shape index (κ1) is 15.8. The molecule has 0 unspecified atom stereocenters. The highest BCUT2D eigenvalue weighted by atomic mass is 16.3. The molecule has 0 radical (unpaired) electrons. The first-order valence-corrected chi connectivity index (χ1v) is 6.59. The molecule has 0 bridgehead atoms. The maximum absolute atomic E-state index is 9.11. The van der Waals surface area contributed by atoms with Crippen molar-refractivity contribution >= 4 is 11.8 Å². The third-order valence-corrected chi connectivity index (χ3v) is 3.00. The lowest BCUT2D eigenvalue weighted by molar-refractivity contribution is 0.302. The van der Waals surface area contributed by atoms with Gasteiger partial charge in [-0.15, -0.1) is 0 Å². The van der Waals surface area contributed by atoms with Gasteiger partial charge in [-0.05, 0) is 36.6 Å². The molecule has 4 nitrogen and oxygen atoms in total. The maximum Gasteiger partial charge on any atom is 0.519 e. The van der Waals surface area contributed by atoms with Crippen molar-refractivity contribution in [2.24, 2.45) is 0 Å². The molecule has 1 rings (SSSR count). The molecule has 0 fully saturated rings. The zero-order valence-electron chi connectivity index (χ0n) is 11.9. The Kier molecular flexibility index (Phi) is 6.29. The average molecular weight is 269 g/mol. The maximum atomic E-state index is 9.11. The van der Waals surface area contributed by atoms with E-state index in [1.165, 1.54) is 0 Å². The SMILES string of the molecule is [C-]#[N+]C(=Cc1ccc(N(CCC)CCO)cc1C)[N+]#[C-]. The van der Waals surface area contributed by atoms with E-state index >= 15 is 0 Å². The second-order valence-electron chi connectivity index (χ2n) is 4.48. The van der Waals surface area contributed by atoms with E-state index in [9.17, 15) is 0 Å². The third kappa shape index (κ3) is 4.12. The van der Waals surface area contributed by atoms with Crippen LogP contribution >= 0.6 is 0 Å². The van der Waals surface area contributed by atoms with Crippen LogP contribution in [0.1, 0.15) is 24.5 Å². The van der Waals surface area contributed by atoms with E-state index in [4.69, 9.17) is 18.3 Å². The Labute approximate surface area is 120 Å². The van der Waals surface area contributed by atoms with Crippen LogP contribution in [0.3, 0.4) is 0 Å². The van der Waals surface area contributed by atoms with Gasteiger partial charge in [-0.25, -0.2) is 0 Å². The zero-order valence-corrected chi connectivity index (χ0v) is 11.9. The standard InChI is InChI=1S/C16H19N3O/c1-5-8-19(9-10-20)15-7-6-14(13(2)11-15)12-16(17-3)18-4/h6-7,11-12,20H,5,8-10H2,1-2H3. The number of nitrogens with zero attached hydrogens (tertiary/aromatic N) is 3. The summed E-state index contributed by atoms with van der Waals surface area (Å²) in [5, 5.41) is 9.11. The van der Waals surface area contributed by atoms with Gasteiger partial charge in [0.2, 0.25) is 0 Å². The fraction of sp³-hybridized carbons (Fsp3) is 0.375. The van der Waals surface area contributed by atoms with Crippen LogP contribution in [0.15, 0.2) is 24.0 Å². The molecular weight excluding hydrogens is 250 g/mol. The van der Waals surface area contributed by atoms with Crippen LogP contribution < -0.4 is 4.90 Å². The Hall–Kier alpha value is -2.30. The number of aliphatic hydroxyl groups excluding tert-OH is 1. The summed E-state index contributed by atoms with van der Waals surface area (Å²) >= 11 is 0. The van der Waals surface area contributed by atoms with Crippen molar-refractivity contribution in [1.29, 1.82) is 0 Å². The summed E-state index contributed by atoms with van der Waals surface area (Å²) in [6, 6.07) is 5.92. The van der Waals surface area contributed by atoms with Gasteiger partial charge in [0.1, 0.15) is 13.1 Å². The van der Waals surface area contributed by atoms with Gasteiger partial charge in [0.05, 0.1) is 6.61 Å². The summed E-state index contributed by atoms with van der Waals surface area (Å²) in [6.45, 7) is 19.5. The van der Waals surface area contributed by atoms with Crippen LogP contribution in [0, 0.1) is 20.1 Å². The number of aliphatic hydroxyl groups is 1. The van der Waals surface area contributed by atoms with Crippen molar-refractivity contribution < 1.29 is 5.11 Å². The Morgan fingerprint density at radius 2 is 2.00 bits per heavy atom. The van der Waals surface area contributed by atoms with Crippen molar-refractivity contribution in [3.05, 3.63) is 58.0 Å². The van der Waals surface area contributed by atoms with E-state index < -0.39 is 0 Å². The van der Waals surface area contributed by atoms with E-state index in [-0.39, 0.29) is 12.4 Å². The Morgan fingerprint density at radius 3 is 2.50 bits per heavy atom. The molecule has 0 aliphatic heterocycles. The number of hydrogen-bond acceptors (Lipinski definition) is 2. The molecule has 0 amide bonds. The lowest BCUT2D eigenvalue weighted by Gasteiger charge is -2.24. The van der Waals surface area contributed by atoms with Gasteiger partial charge in [0.15, 0.2) is 0 Å². The molecule has 0 saturated carbocycles. The molecule has 1 aromatic carbocycles. The van der Waals surface area contributed by atoms with Crippen LogP contribution in [-0.4, -0.2) is 24.8 Å². The number of hydrogen-bond donors (Lipinski definition) is 1. The number of anilines is 1. The summed E-state index contributed by atoms with van der Waals surface area (Å²) in [5.41, 5.74) is 2.96. The highest BCUT2D eigenvalue weighted by Crippen LogP contribution is 2.21. The highest BCUT2D eigenvalue weighted by molar-refractivity contribution is 5.63. The minimum absolute atomic E-state index is 0.0709. The summed E-state index contributed by atoms with van der Waals surface area (Å²) in [6.07, 6.45) is 2.62. The summed E-state index contributed by atoms with van der Waals surface area (Å²) in [5.74, 6) is 0.0709. The fourth-order valence-electron chi connectivity index (χ4n) is 2.01. The number of rotatable bonds is 6. The molecule has 0 aliphatic rings. The minimum atomic E-state index is 0.0709. The van der Waals surface area contributed by atoms with Crippen LogP contribution in [-0.2, 0) is 0 Å². The first-order valence-electron chi connectivity index (χ1n) is 6.59. The van der Waals surface area contributed by atoms with Crippen LogP contribution in [0.4, 0.5) is 5.69 Å². The summed E-state index contributed by atoms with van der Waals surface area (Å²) < 4.78 is 0. The van der Waals surface area contributed by atoms with Gasteiger partial charge in [-0.2, -0.15) is 9.69 Å². The molecule has 0 heterocycles. The third-order valence-electron chi connectivity index (χ3n) is 3.00. The molecule has 1 aromatic rings. The number of aryl methyl sites for hydroxylation is 1. The smallest absolute Gasteiger partial charge is 0.395 e. The van der Waals surface area contributed by atoms with Gasteiger partial charge in [-0.1, -0.05) is 13.0 Å². The second-order valence-corrected chi connectivity index (χ2v) is 4.48. The van der Waals surface area contributed by atoms with E-state index in [1.807, 2.05) is 25.1 Å². The summed E-state index contributed by atoms with van der Waals surface area (Å²) in [7, 11) is 0. The molecule has 4 heteroatoms. The van der Waals surface area contributed by atoms with Crippen molar-refractivity contribution in [1.82, 2.24) is 0 Å². The molecule has 0 spiro atoms. The minimum Gasteiger partial charge on any atom is -0.395 e. The monoisotopic (exact) mass is 269 g/mol. The van der Waals surface area contributed by atoms with Crippen molar-refractivity contribution in [3.8, 4) is 0 Å². The molecule has 0 aliphatic carbocycles. The van der Waals surface area contributed by atoms with Gasteiger partial charge in [0.25, 0.3) is 0 Å². The summed E-state index contributed by atoms with van der Waals surface area (Å²) in [4.78, 5) is 8.48. The van der Waals surface area contributed by atoms with Crippen molar-refractivity contribution in [2.45, 2.75) is 20.3 Å². The van der Waals surface area contributed by atoms with E-state index in [0.717, 1.165) is 29.8 Å². The van der Waals surface area contributed by atoms with Crippen LogP contribution in [0.25, 0.3) is 15.8 Å².